The number of nitrogens with zero attached hydrogens (tertiary/aromatic N) is 3. The van der Waals surface area contributed by atoms with Crippen molar-refractivity contribution in [2.24, 2.45) is 7.05 Å². The lowest BCUT2D eigenvalue weighted by Crippen LogP contribution is -2.11. The van der Waals surface area contributed by atoms with Gasteiger partial charge in [0.05, 0.1) is 28.0 Å². The van der Waals surface area contributed by atoms with Crippen LogP contribution in [0.15, 0.2) is 42.6 Å². The molecule has 202 valence electrons. The molecule has 2 aromatic carbocycles. The van der Waals surface area contributed by atoms with Gasteiger partial charge in [0.15, 0.2) is 17.5 Å². The summed E-state index contributed by atoms with van der Waals surface area (Å²) in [5.41, 5.74) is 4.78. The van der Waals surface area contributed by atoms with Gasteiger partial charge in [0, 0.05) is 40.6 Å². The number of aromatic nitrogens is 3. The minimum absolute atomic E-state index is 0.0452. The summed E-state index contributed by atoms with van der Waals surface area (Å²) < 4.78 is 92.6. The Morgan fingerprint density at radius 3 is 2.41 bits per heavy atom. The number of benzene rings is 2. The SMILES string of the molecule is COCc1nc2c(N)c(-c3cccn4c(C(=O)c5cc(F)c(F)c(F)c5)cc(I)c34)c(C(F)(F)F)cc2n1C. The number of hydrogen-bond donors (Lipinski definition) is 1. The predicted molar refractivity (Wildman–Crippen MR) is 140 cm³/mol. The van der Waals surface area contributed by atoms with Crippen molar-refractivity contribution in [1.82, 2.24) is 14.0 Å². The van der Waals surface area contributed by atoms with Crippen molar-refractivity contribution in [3.8, 4) is 11.1 Å². The molecule has 0 aliphatic rings. The fraction of sp³-hybridized carbons (Fsp3) is 0.154. The molecule has 3 aromatic heterocycles. The van der Waals surface area contributed by atoms with Crippen LogP contribution in [0.4, 0.5) is 32.0 Å². The minimum atomic E-state index is -4.81. The van der Waals surface area contributed by atoms with E-state index in [9.17, 15) is 31.1 Å². The maximum atomic E-state index is 14.4. The molecule has 3 heterocycles. The molecule has 5 rings (SSSR count). The number of nitrogen functional groups attached to an aromatic ring is 1. The number of halogens is 7. The molecule has 13 heteroatoms. The monoisotopic (exact) mass is 658 g/mol. The summed E-state index contributed by atoms with van der Waals surface area (Å²) in [5.74, 6) is -5.32. The van der Waals surface area contributed by atoms with Crippen LogP contribution in [0.25, 0.3) is 27.7 Å². The lowest BCUT2D eigenvalue weighted by molar-refractivity contribution is -0.137. The normalized spacial score (nSPS) is 12.1. The Labute approximate surface area is 230 Å². The van der Waals surface area contributed by atoms with Gasteiger partial charge in [0.25, 0.3) is 0 Å². The molecule has 2 N–H and O–H groups in total. The molecule has 6 nitrogen and oxygen atoms in total. The molecule has 0 atom stereocenters. The topological polar surface area (TPSA) is 74.6 Å². The van der Waals surface area contributed by atoms with Gasteiger partial charge in [-0.1, -0.05) is 6.07 Å². The van der Waals surface area contributed by atoms with E-state index >= 15 is 0 Å². The Kier molecular flexibility index (Phi) is 6.61. The number of ether oxygens (including phenoxy) is 1. The third-order valence-electron chi connectivity index (χ3n) is 6.38. The Bertz CT molecular complexity index is 1790. The van der Waals surface area contributed by atoms with Crippen LogP contribution in [0.1, 0.15) is 27.4 Å². The fourth-order valence-electron chi connectivity index (χ4n) is 4.59. The van der Waals surface area contributed by atoms with E-state index in [1.807, 2.05) is 22.6 Å². The van der Waals surface area contributed by atoms with Crippen molar-refractivity contribution >= 4 is 50.6 Å². The summed E-state index contributed by atoms with van der Waals surface area (Å²) in [6, 6.07) is 6.28. The third-order valence-corrected chi connectivity index (χ3v) is 7.20. The van der Waals surface area contributed by atoms with Gasteiger partial charge in [-0.25, -0.2) is 18.2 Å². The number of nitrogens with two attached hydrogens (primary N) is 1. The quantitative estimate of drug-likeness (QED) is 0.0771. The predicted octanol–water partition coefficient (Wildman–Crippen LogP) is 6.49. The molecule has 0 saturated heterocycles. The van der Waals surface area contributed by atoms with Crippen LogP contribution >= 0.6 is 22.6 Å². The van der Waals surface area contributed by atoms with Crippen LogP contribution in [-0.4, -0.2) is 26.8 Å². The molecule has 0 aliphatic carbocycles. The number of fused-ring (bicyclic) bond motifs is 2. The Morgan fingerprint density at radius 2 is 1.79 bits per heavy atom. The average Bonchev–Trinajstić information content (AvgIpc) is 3.38. The number of anilines is 1. The van der Waals surface area contributed by atoms with E-state index in [-0.39, 0.29) is 45.7 Å². The maximum Gasteiger partial charge on any atom is 0.417 e. The average molecular weight is 658 g/mol. The molecule has 0 spiro atoms. The first kappa shape index (κ1) is 27.0. The number of aryl methyl sites for hydroxylation is 1. The number of carbonyl (C=O) groups excluding carboxylic acids is 1. The molecule has 0 radical (unpaired) electrons. The zero-order chi connectivity index (χ0) is 28.4. The number of pyridine rings is 1. The van der Waals surface area contributed by atoms with Crippen LogP contribution in [0.3, 0.4) is 0 Å². The molecule has 0 amide bonds. The van der Waals surface area contributed by atoms with Gasteiger partial charge in [0.1, 0.15) is 17.9 Å². The van der Waals surface area contributed by atoms with Gasteiger partial charge < -0.3 is 19.4 Å². The number of hydrogen-bond acceptors (Lipinski definition) is 4. The molecule has 0 unspecified atom stereocenters. The fourth-order valence-corrected chi connectivity index (χ4v) is 5.43. The number of alkyl halides is 3. The van der Waals surface area contributed by atoms with E-state index in [2.05, 4.69) is 4.98 Å². The van der Waals surface area contributed by atoms with E-state index < -0.39 is 40.5 Å². The molecular formula is C26H17F6IN4O2. The second-order valence-corrected chi connectivity index (χ2v) is 9.86. The van der Waals surface area contributed by atoms with E-state index in [1.165, 1.54) is 40.5 Å². The zero-order valence-electron chi connectivity index (χ0n) is 20.1. The van der Waals surface area contributed by atoms with E-state index in [4.69, 9.17) is 10.5 Å². The molecule has 0 fully saturated rings. The first-order chi connectivity index (χ1) is 18.3. The highest BCUT2D eigenvalue weighted by Gasteiger charge is 2.37. The minimum Gasteiger partial charge on any atom is -0.396 e. The van der Waals surface area contributed by atoms with Crippen LogP contribution in [0, 0.1) is 21.0 Å². The molecule has 0 saturated carbocycles. The van der Waals surface area contributed by atoms with Crippen molar-refractivity contribution in [3.63, 3.8) is 0 Å². The number of imidazole rings is 1. The van der Waals surface area contributed by atoms with E-state index in [0.29, 0.717) is 21.5 Å². The first-order valence-corrected chi connectivity index (χ1v) is 12.3. The van der Waals surface area contributed by atoms with Crippen molar-refractivity contribution < 1.29 is 35.9 Å². The first-order valence-electron chi connectivity index (χ1n) is 11.2. The largest absolute Gasteiger partial charge is 0.417 e. The summed E-state index contributed by atoms with van der Waals surface area (Å²) in [5, 5.41) is 0. The highest BCUT2D eigenvalue weighted by Crippen LogP contribution is 2.45. The highest BCUT2D eigenvalue weighted by atomic mass is 127. The van der Waals surface area contributed by atoms with Crippen LogP contribution in [0.5, 0.6) is 0 Å². The van der Waals surface area contributed by atoms with Gasteiger partial charge in [-0.3, -0.25) is 4.79 Å². The molecule has 0 aliphatic heterocycles. The van der Waals surface area contributed by atoms with Gasteiger partial charge in [-0.2, -0.15) is 13.2 Å². The second kappa shape index (κ2) is 9.55. The van der Waals surface area contributed by atoms with E-state index in [0.717, 1.165) is 6.07 Å². The van der Waals surface area contributed by atoms with Crippen LogP contribution in [-0.2, 0) is 24.6 Å². The van der Waals surface area contributed by atoms with Crippen LogP contribution < -0.4 is 5.73 Å². The van der Waals surface area contributed by atoms with Crippen LogP contribution in [0.2, 0.25) is 0 Å². The summed E-state index contributed by atoms with van der Waals surface area (Å²) >= 11 is 1.85. The lowest BCUT2D eigenvalue weighted by atomic mass is 9.96. The smallest absolute Gasteiger partial charge is 0.396 e. The van der Waals surface area contributed by atoms with Gasteiger partial charge in [-0.05, 0) is 52.9 Å². The number of ketones is 1. The van der Waals surface area contributed by atoms with Crippen molar-refractivity contribution in [2.45, 2.75) is 12.8 Å². The summed E-state index contributed by atoms with van der Waals surface area (Å²) in [6.07, 6.45) is -3.39. The highest BCUT2D eigenvalue weighted by molar-refractivity contribution is 14.1. The van der Waals surface area contributed by atoms with E-state index in [1.54, 1.807) is 7.05 Å². The number of carbonyl (C=O) groups is 1. The summed E-state index contributed by atoms with van der Waals surface area (Å²) in [4.78, 5) is 17.6. The maximum absolute atomic E-state index is 14.4. The van der Waals surface area contributed by atoms with Gasteiger partial charge in [0.2, 0.25) is 5.78 Å². The molecule has 39 heavy (non-hydrogen) atoms. The molecule has 5 aromatic rings. The summed E-state index contributed by atoms with van der Waals surface area (Å²) in [6.45, 7) is 0.0452. The van der Waals surface area contributed by atoms with Crippen molar-refractivity contribution in [3.05, 3.63) is 86.3 Å². The summed E-state index contributed by atoms with van der Waals surface area (Å²) in [7, 11) is 2.98. The molecular weight excluding hydrogens is 641 g/mol. The lowest BCUT2D eigenvalue weighted by Gasteiger charge is -2.18. The number of methoxy groups -OCH3 is 1. The Morgan fingerprint density at radius 1 is 1.13 bits per heavy atom. The number of rotatable bonds is 5. The van der Waals surface area contributed by atoms with Crippen molar-refractivity contribution in [2.75, 3.05) is 12.8 Å². The zero-order valence-corrected chi connectivity index (χ0v) is 22.3. The van der Waals surface area contributed by atoms with Gasteiger partial charge >= 0.3 is 6.18 Å². The Balaban J connectivity index is 1.79. The second-order valence-electron chi connectivity index (χ2n) is 8.70. The van der Waals surface area contributed by atoms with Gasteiger partial charge in [-0.15, -0.1) is 0 Å². The molecule has 0 bridgehead atoms. The Hall–Kier alpha value is -3.59. The standard InChI is InChI=1S/C26H17F6IN4O2/c1-36-17-8-13(26(30,31)32)20(22(34)23(17)35-19(36)10-39-2)12-4-3-5-37-18(9-16(33)24(12)37)25(38)11-6-14(27)21(29)15(28)7-11/h3-9H,10,34H2,1-2H3. The third kappa shape index (κ3) is 4.33. The van der Waals surface area contributed by atoms with Crippen molar-refractivity contribution in [1.29, 1.82) is 0 Å².